The van der Waals surface area contributed by atoms with Crippen LogP contribution in [-0.4, -0.2) is 29.3 Å². The molecule has 1 aromatic carbocycles. The summed E-state index contributed by atoms with van der Waals surface area (Å²) in [7, 11) is -0.223. The third-order valence-electron chi connectivity index (χ3n) is 3.30. The number of aromatic nitrogens is 2. The molecule has 20 heavy (non-hydrogen) atoms. The van der Waals surface area contributed by atoms with E-state index in [9.17, 15) is 8.42 Å². The first-order chi connectivity index (χ1) is 9.34. The first kappa shape index (κ1) is 14.5. The van der Waals surface area contributed by atoms with Crippen LogP contribution in [0, 0.1) is 6.92 Å². The van der Waals surface area contributed by atoms with E-state index < -0.39 is 10.0 Å². The molecule has 0 amide bonds. The number of aryl methyl sites for hydroxylation is 1. The average molecular weight is 294 g/mol. The number of sulfonamides is 1. The van der Waals surface area contributed by atoms with Gasteiger partial charge in [-0.3, -0.25) is 0 Å². The molecule has 0 aliphatic rings. The molecule has 6 nitrogen and oxygen atoms in total. The Morgan fingerprint density at radius 2 is 2.10 bits per heavy atom. The highest BCUT2D eigenvalue weighted by Crippen LogP contribution is 2.23. The van der Waals surface area contributed by atoms with E-state index in [4.69, 9.17) is 5.73 Å². The molecule has 0 spiro atoms. The zero-order valence-electron chi connectivity index (χ0n) is 11.7. The number of hydrogen-bond acceptors (Lipinski definition) is 4. The van der Waals surface area contributed by atoms with Crippen molar-refractivity contribution in [3.05, 3.63) is 42.0 Å². The molecular formula is C13H18N4O2S. The first-order valence-corrected chi connectivity index (χ1v) is 7.55. The van der Waals surface area contributed by atoms with Gasteiger partial charge < -0.3 is 10.3 Å². The molecule has 2 aromatic rings. The lowest BCUT2D eigenvalue weighted by atomic mass is 10.2. The van der Waals surface area contributed by atoms with Gasteiger partial charge in [0.05, 0.1) is 11.4 Å². The van der Waals surface area contributed by atoms with Crippen LogP contribution < -0.4 is 5.73 Å². The van der Waals surface area contributed by atoms with Crippen LogP contribution in [0.1, 0.15) is 11.4 Å². The standard InChI is InChI=1S/C13H18N4O2S/c1-10-11(14)5-4-6-12(10)20(18,19)17(3)9-13-15-7-8-16(13)2/h4-8H,9,14H2,1-3H3. The lowest BCUT2D eigenvalue weighted by Gasteiger charge is -2.18. The summed E-state index contributed by atoms with van der Waals surface area (Å²) in [5, 5.41) is 0. The van der Waals surface area contributed by atoms with Crippen molar-refractivity contribution >= 4 is 15.7 Å². The predicted molar refractivity (Wildman–Crippen MR) is 77.5 cm³/mol. The van der Waals surface area contributed by atoms with Gasteiger partial charge in [-0.1, -0.05) is 6.07 Å². The summed E-state index contributed by atoms with van der Waals surface area (Å²) in [6, 6.07) is 4.90. The first-order valence-electron chi connectivity index (χ1n) is 6.11. The number of hydrogen-bond donors (Lipinski definition) is 1. The van der Waals surface area contributed by atoms with Crippen molar-refractivity contribution < 1.29 is 8.42 Å². The van der Waals surface area contributed by atoms with Crippen LogP contribution in [0.2, 0.25) is 0 Å². The Kier molecular flexibility index (Phi) is 3.82. The topological polar surface area (TPSA) is 81.2 Å². The van der Waals surface area contributed by atoms with Crippen molar-refractivity contribution in [1.82, 2.24) is 13.9 Å². The Morgan fingerprint density at radius 3 is 2.70 bits per heavy atom. The molecule has 0 saturated carbocycles. The molecule has 0 bridgehead atoms. The molecule has 1 heterocycles. The normalized spacial score (nSPS) is 12.0. The van der Waals surface area contributed by atoms with Crippen molar-refractivity contribution in [3.8, 4) is 0 Å². The Labute approximate surface area is 118 Å². The third-order valence-corrected chi connectivity index (χ3v) is 5.25. The summed E-state index contributed by atoms with van der Waals surface area (Å²) in [6.07, 6.45) is 3.42. The fourth-order valence-corrected chi connectivity index (χ4v) is 3.29. The maximum absolute atomic E-state index is 12.6. The van der Waals surface area contributed by atoms with E-state index in [1.165, 1.54) is 11.4 Å². The molecule has 0 fully saturated rings. The second kappa shape index (κ2) is 5.26. The van der Waals surface area contributed by atoms with Gasteiger partial charge in [-0.15, -0.1) is 0 Å². The van der Waals surface area contributed by atoms with Gasteiger partial charge in [-0.2, -0.15) is 4.31 Å². The summed E-state index contributed by atoms with van der Waals surface area (Å²) in [5.74, 6) is 0.678. The fraction of sp³-hybridized carbons (Fsp3) is 0.308. The molecule has 1 aromatic heterocycles. The van der Waals surface area contributed by atoms with E-state index >= 15 is 0 Å². The molecule has 0 aliphatic heterocycles. The van der Waals surface area contributed by atoms with Gasteiger partial charge in [0.2, 0.25) is 10.0 Å². The van der Waals surface area contributed by atoms with Gasteiger partial charge >= 0.3 is 0 Å². The highest BCUT2D eigenvalue weighted by Gasteiger charge is 2.24. The van der Waals surface area contributed by atoms with Crippen LogP contribution in [0.3, 0.4) is 0 Å². The van der Waals surface area contributed by atoms with Crippen molar-refractivity contribution in [3.63, 3.8) is 0 Å². The second-order valence-corrected chi connectivity index (χ2v) is 6.70. The van der Waals surface area contributed by atoms with Gasteiger partial charge in [-0.25, -0.2) is 13.4 Å². The molecule has 0 aliphatic carbocycles. The van der Waals surface area contributed by atoms with E-state index in [0.717, 1.165) is 0 Å². The Bertz CT molecular complexity index is 722. The van der Waals surface area contributed by atoms with Crippen LogP contribution in [0.4, 0.5) is 5.69 Å². The highest BCUT2D eigenvalue weighted by atomic mass is 32.2. The van der Waals surface area contributed by atoms with Crippen molar-refractivity contribution in [1.29, 1.82) is 0 Å². The number of benzene rings is 1. The Hall–Kier alpha value is -1.86. The molecule has 2 rings (SSSR count). The molecular weight excluding hydrogens is 276 g/mol. The molecule has 2 N–H and O–H groups in total. The number of imidazole rings is 1. The van der Waals surface area contributed by atoms with E-state index in [1.54, 1.807) is 42.1 Å². The maximum atomic E-state index is 12.6. The minimum atomic E-state index is -3.58. The number of rotatable bonds is 4. The van der Waals surface area contributed by atoms with Crippen LogP contribution in [0.5, 0.6) is 0 Å². The minimum absolute atomic E-state index is 0.208. The Morgan fingerprint density at radius 1 is 1.40 bits per heavy atom. The Balaban J connectivity index is 2.35. The van der Waals surface area contributed by atoms with Gasteiger partial charge in [0.15, 0.2) is 0 Å². The summed E-state index contributed by atoms with van der Waals surface area (Å²) in [6.45, 7) is 1.91. The van der Waals surface area contributed by atoms with Crippen molar-refractivity contribution in [2.45, 2.75) is 18.4 Å². The third kappa shape index (κ3) is 2.54. The van der Waals surface area contributed by atoms with Gasteiger partial charge in [0.1, 0.15) is 5.82 Å². The summed E-state index contributed by atoms with van der Waals surface area (Å²) in [5.41, 5.74) is 6.82. The molecule has 0 radical (unpaired) electrons. The zero-order chi connectivity index (χ0) is 14.9. The quantitative estimate of drug-likeness (QED) is 0.857. The maximum Gasteiger partial charge on any atom is 0.243 e. The summed E-state index contributed by atoms with van der Waals surface area (Å²) < 4.78 is 28.2. The molecule has 7 heteroatoms. The second-order valence-electron chi connectivity index (χ2n) is 4.69. The largest absolute Gasteiger partial charge is 0.398 e. The fourth-order valence-electron chi connectivity index (χ4n) is 1.91. The lowest BCUT2D eigenvalue weighted by molar-refractivity contribution is 0.451. The molecule has 108 valence electrons. The number of nitrogens with two attached hydrogens (primary N) is 1. The van der Waals surface area contributed by atoms with Crippen LogP contribution in [0.25, 0.3) is 0 Å². The number of anilines is 1. The van der Waals surface area contributed by atoms with Crippen molar-refractivity contribution in [2.75, 3.05) is 12.8 Å². The minimum Gasteiger partial charge on any atom is -0.398 e. The van der Waals surface area contributed by atoms with Gasteiger partial charge in [0.25, 0.3) is 0 Å². The lowest BCUT2D eigenvalue weighted by Crippen LogP contribution is -2.28. The summed E-state index contributed by atoms with van der Waals surface area (Å²) in [4.78, 5) is 4.37. The predicted octanol–water partition coefficient (Wildman–Crippen LogP) is 1.13. The molecule has 0 saturated heterocycles. The van der Waals surface area contributed by atoms with E-state index in [1.807, 2.05) is 7.05 Å². The van der Waals surface area contributed by atoms with Crippen LogP contribution >= 0.6 is 0 Å². The van der Waals surface area contributed by atoms with E-state index in [0.29, 0.717) is 17.1 Å². The van der Waals surface area contributed by atoms with Gasteiger partial charge in [-0.05, 0) is 24.6 Å². The van der Waals surface area contributed by atoms with E-state index in [-0.39, 0.29) is 11.4 Å². The SMILES string of the molecule is Cc1c(N)cccc1S(=O)(=O)N(C)Cc1nccn1C. The number of nitrogens with zero attached hydrogens (tertiary/aromatic N) is 3. The molecule has 0 unspecified atom stereocenters. The van der Waals surface area contributed by atoms with Crippen molar-refractivity contribution in [2.24, 2.45) is 7.05 Å². The number of nitrogen functional groups attached to an aromatic ring is 1. The monoisotopic (exact) mass is 294 g/mol. The van der Waals surface area contributed by atoms with Crippen LogP contribution in [-0.2, 0) is 23.6 Å². The van der Waals surface area contributed by atoms with E-state index in [2.05, 4.69) is 4.98 Å². The smallest absolute Gasteiger partial charge is 0.243 e. The zero-order valence-corrected chi connectivity index (χ0v) is 12.6. The average Bonchev–Trinajstić information content (AvgIpc) is 2.78. The summed E-state index contributed by atoms with van der Waals surface area (Å²) >= 11 is 0. The highest BCUT2D eigenvalue weighted by molar-refractivity contribution is 7.89. The molecule has 0 atom stereocenters. The van der Waals surface area contributed by atoms with Gasteiger partial charge in [0, 0.05) is 32.2 Å². The van der Waals surface area contributed by atoms with Crippen LogP contribution in [0.15, 0.2) is 35.5 Å².